The zero-order chi connectivity index (χ0) is 22.6. The van der Waals surface area contributed by atoms with Crippen molar-refractivity contribution in [1.29, 1.82) is 0 Å². The maximum absolute atomic E-state index is 11.4. The Balaban J connectivity index is 1.32. The molecule has 0 aliphatic heterocycles. The molecule has 33 heavy (non-hydrogen) atoms. The van der Waals surface area contributed by atoms with Gasteiger partial charge in [-0.1, -0.05) is 17.3 Å². The average molecular weight is 461 g/mol. The first kappa shape index (κ1) is 20.8. The second kappa shape index (κ2) is 9.21. The van der Waals surface area contributed by atoms with Crippen LogP contribution in [0.25, 0.3) is 32.2 Å². The first-order valence-corrected chi connectivity index (χ1v) is 11.2. The van der Waals surface area contributed by atoms with Crippen molar-refractivity contribution >= 4 is 28.1 Å². The Kier molecular flexibility index (Phi) is 5.81. The van der Waals surface area contributed by atoms with E-state index >= 15 is 0 Å². The van der Waals surface area contributed by atoms with E-state index < -0.39 is 5.76 Å². The third kappa shape index (κ3) is 4.60. The van der Waals surface area contributed by atoms with Gasteiger partial charge in [0, 0.05) is 30.3 Å². The first-order chi connectivity index (χ1) is 16.2. The van der Waals surface area contributed by atoms with Gasteiger partial charge in [-0.25, -0.2) is 14.8 Å². The van der Waals surface area contributed by atoms with Crippen LogP contribution in [0.5, 0.6) is 5.75 Å². The second-order valence-electron chi connectivity index (χ2n) is 7.18. The van der Waals surface area contributed by atoms with Gasteiger partial charge in [0.2, 0.25) is 0 Å². The van der Waals surface area contributed by atoms with E-state index in [-0.39, 0.29) is 0 Å². The molecule has 0 aliphatic rings. The minimum Gasteiger partial charge on any atom is -0.492 e. The number of nitrogens with one attached hydrogen (secondary N) is 2. The maximum atomic E-state index is 11.4. The molecule has 2 N–H and O–H groups in total. The Hall–Kier alpha value is -4.05. The molecule has 0 spiro atoms. The Morgan fingerprint density at radius 2 is 2.09 bits per heavy atom. The average Bonchev–Trinajstić information content (AvgIpc) is 3.46. The van der Waals surface area contributed by atoms with E-state index in [1.807, 2.05) is 31.2 Å². The molecule has 5 aromatic rings. The number of hydrogen-bond acceptors (Lipinski definition) is 9. The number of aromatic nitrogens is 5. The molecule has 0 radical (unpaired) electrons. The van der Waals surface area contributed by atoms with E-state index in [0.717, 1.165) is 40.3 Å². The van der Waals surface area contributed by atoms with Gasteiger partial charge in [0.15, 0.2) is 5.82 Å². The molecule has 0 fully saturated rings. The lowest BCUT2D eigenvalue weighted by Gasteiger charge is -2.07. The van der Waals surface area contributed by atoms with Crippen LogP contribution in [-0.4, -0.2) is 38.2 Å². The van der Waals surface area contributed by atoms with E-state index in [0.29, 0.717) is 23.1 Å². The Labute approximate surface area is 192 Å². The van der Waals surface area contributed by atoms with E-state index in [1.54, 1.807) is 6.20 Å². The number of thiophene rings is 1. The highest BCUT2D eigenvalue weighted by Crippen LogP contribution is 2.41. The van der Waals surface area contributed by atoms with Gasteiger partial charge < -0.3 is 10.1 Å². The third-order valence-corrected chi connectivity index (χ3v) is 6.11. The Bertz CT molecular complexity index is 1460. The predicted octanol–water partition coefficient (Wildman–Crippen LogP) is 4.15. The van der Waals surface area contributed by atoms with Crippen LogP contribution in [0.1, 0.15) is 12.5 Å². The quantitative estimate of drug-likeness (QED) is 0.354. The van der Waals surface area contributed by atoms with Crippen LogP contribution in [0.3, 0.4) is 0 Å². The molecule has 4 aromatic heterocycles. The van der Waals surface area contributed by atoms with Crippen LogP contribution >= 0.6 is 11.3 Å². The molecular formula is C23H20N6O3S. The van der Waals surface area contributed by atoms with Crippen molar-refractivity contribution < 1.29 is 9.26 Å². The minimum absolute atomic E-state index is 0.331. The lowest BCUT2D eigenvalue weighted by molar-refractivity contribution is 0.342. The lowest BCUT2D eigenvalue weighted by atomic mass is 10.1. The zero-order valence-electron chi connectivity index (χ0n) is 17.7. The van der Waals surface area contributed by atoms with Crippen molar-refractivity contribution in [3.05, 3.63) is 71.1 Å². The SMILES string of the molecule is CCOc1cc(-c2cc(NCCc3ccc4ncccc4c3)ncn2)sc1-c1noc(=O)[nH]1. The van der Waals surface area contributed by atoms with Crippen LogP contribution < -0.4 is 15.8 Å². The van der Waals surface area contributed by atoms with Gasteiger partial charge in [0.25, 0.3) is 0 Å². The van der Waals surface area contributed by atoms with Crippen LogP contribution in [0, 0.1) is 0 Å². The highest BCUT2D eigenvalue weighted by molar-refractivity contribution is 7.19. The van der Waals surface area contributed by atoms with Gasteiger partial charge in [0.05, 0.1) is 22.7 Å². The van der Waals surface area contributed by atoms with Crippen molar-refractivity contribution in [3.63, 3.8) is 0 Å². The molecule has 166 valence electrons. The fraction of sp³-hybridized carbons (Fsp3) is 0.174. The number of nitrogens with zero attached hydrogens (tertiary/aromatic N) is 4. The molecule has 1 aromatic carbocycles. The highest BCUT2D eigenvalue weighted by atomic mass is 32.1. The largest absolute Gasteiger partial charge is 0.492 e. The molecule has 0 unspecified atom stereocenters. The number of H-pyrrole nitrogens is 1. The highest BCUT2D eigenvalue weighted by Gasteiger charge is 2.18. The Morgan fingerprint density at radius 3 is 2.94 bits per heavy atom. The molecule has 5 rings (SSSR count). The maximum Gasteiger partial charge on any atom is 0.439 e. The Morgan fingerprint density at radius 1 is 1.15 bits per heavy atom. The summed E-state index contributed by atoms with van der Waals surface area (Å²) in [6.45, 7) is 3.10. The fourth-order valence-corrected chi connectivity index (χ4v) is 4.47. The number of hydrogen-bond donors (Lipinski definition) is 2. The summed E-state index contributed by atoms with van der Waals surface area (Å²) in [5, 5.41) is 8.28. The summed E-state index contributed by atoms with van der Waals surface area (Å²) in [6, 6.07) is 14.1. The number of benzene rings is 1. The summed E-state index contributed by atoms with van der Waals surface area (Å²) in [4.78, 5) is 28.6. The monoisotopic (exact) mass is 460 g/mol. The molecule has 0 aliphatic carbocycles. The van der Waals surface area contributed by atoms with Gasteiger partial charge in [-0.05, 0) is 37.1 Å². The summed E-state index contributed by atoms with van der Waals surface area (Å²) in [5.41, 5.74) is 2.96. The summed E-state index contributed by atoms with van der Waals surface area (Å²) in [6.07, 6.45) is 4.17. The van der Waals surface area contributed by atoms with Gasteiger partial charge in [-0.15, -0.1) is 11.3 Å². The van der Waals surface area contributed by atoms with Crippen LogP contribution in [-0.2, 0) is 6.42 Å². The van der Waals surface area contributed by atoms with E-state index in [1.165, 1.54) is 23.2 Å². The van der Waals surface area contributed by atoms with E-state index in [4.69, 9.17) is 4.74 Å². The van der Waals surface area contributed by atoms with E-state index in [9.17, 15) is 4.79 Å². The molecule has 4 heterocycles. The van der Waals surface area contributed by atoms with Gasteiger partial charge in [-0.2, -0.15) is 0 Å². The summed E-state index contributed by atoms with van der Waals surface area (Å²) >= 11 is 1.41. The molecule has 0 saturated carbocycles. The van der Waals surface area contributed by atoms with Crippen molar-refractivity contribution in [2.75, 3.05) is 18.5 Å². The molecule has 0 amide bonds. The molecular weight excluding hydrogens is 440 g/mol. The number of pyridine rings is 1. The van der Waals surface area contributed by atoms with E-state index in [2.05, 4.69) is 53.1 Å². The summed E-state index contributed by atoms with van der Waals surface area (Å²) in [7, 11) is 0. The number of ether oxygens (including phenoxy) is 1. The predicted molar refractivity (Wildman–Crippen MR) is 127 cm³/mol. The molecule has 0 saturated heterocycles. The van der Waals surface area contributed by atoms with Crippen molar-refractivity contribution in [2.45, 2.75) is 13.3 Å². The molecule has 0 bridgehead atoms. The summed E-state index contributed by atoms with van der Waals surface area (Å²) < 4.78 is 10.4. The second-order valence-corrected chi connectivity index (χ2v) is 8.23. The molecule has 9 nitrogen and oxygen atoms in total. The zero-order valence-corrected chi connectivity index (χ0v) is 18.6. The number of rotatable bonds is 8. The van der Waals surface area contributed by atoms with Crippen LogP contribution in [0.15, 0.2) is 64.3 Å². The standard InChI is InChI=1S/C23H20N6O3S/c1-2-31-18-12-19(33-21(18)22-28-23(30)32-29-22)17-11-20(27-13-26-17)25-9-7-14-5-6-16-15(10-14)4-3-8-24-16/h3-6,8,10-13H,2,7,9H2,1H3,(H,25,26,27)(H,28,29,30). The minimum atomic E-state index is -0.612. The molecule has 0 atom stereocenters. The number of anilines is 1. The normalized spacial score (nSPS) is 11.1. The van der Waals surface area contributed by atoms with Crippen LogP contribution in [0.2, 0.25) is 0 Å². The van der Waals surface area contributed by atoms with Gasteiger partial charge in [-0.3, -0.25) is 14.5 Å². The first-order valence-electron chi connectivity index (χ1n) is 10.4. The lowest BCUT2D eigenvalue weighted by Crippen LogP contribution is -2.06. The van der Waals surface area contributed by atoms with Crippen molar-refractivity contribution in [3.8, 4) is 27.0 Å². The third-order valence-electron chi connectivity index (χ3n) is 4.96. The van der Waals surface area contributed by atoms with Gasteiger partial charge >= 0.3 is 5.76 Å². The van der Waals surface area contributed by atoms with Crippen molar-refractivity contribution in [1.82, 2.24) is 25.1 Å². The number of fused-ring (bicyclic) bond motifs is 1. The summed E-state index contributed by atoms with van der Waals surface area (Å²) in [5.74, 6) is 1.06. The van der Waals surface area contributed by atoms with Crippen LogP contribution in [0.4, 0.5) is 5.82 Å². The topological polar surface area (TPSA) is 119 Å². The number of aromatic amines is 1. The van der Waals surface area contributed by atoms with Crippen molar-refractivity contribution in [2.24, 2.45) is 0 Å². The fourth-order valence-electron chi connectivity index (χ4n) is 3.46. The van der Waals surface area contributed by atoms with Gasteiger partial charge in [0.1, 0.15) is 22.8 Å². The molecule has 10 heteroatoms. The smallest absolute Gasteiger partial charge is 0.439 e.